The minimum absolute atomic E-state index is 0.106. The number of hydrogen-bond acceptors (Lipinski definition) is 5. The summed E-state index contributed by atoms with van der Waals surface area (Å²) in [6, 6.07) is 6.43. The molecule has 1 aliphatic rings. The van der Waals surface area contributed by atoms with Crippen molar-refractivity contribution >= 4 is 23.7 Å². The normalized spacial score (nSPS) is 15.7. The second-order valence-electron chi connectivity index (χ2n) is 5.86. The lowest BCUT2D eigenvalue weighted by Crippen LogP contribution is -2.29. The molecule has 7 nitrogen and oxygen atoms in total. The molecule has 1 aromatic carbocycles. The van der Waals surface area contributed by atoms with Gasteiger partial charge in [0.2, 0.25) is 5.91 Å². The van der Waals surface area contributed by atoms with Crippen LogP contribution in [0.2, 0.25) is 0 Å². The molecular formula is C18H17FN4O3S. The van der Waals surface area contributed by atoms with Crippen molar-refractivity contribution in [3.8, 4) is 22.1 Å². The largest absolute Gasteiger partial charge is 0.483 e. The number of rotatable bonds is 4. The molecular weight excluding hydrogens is 371 g/mol. The molecule has 9 heteroatoms. The lowest BCUT2D eigenvalue weighted by Gasteiger charge is -2.12. The highest BCUT2D eigenvalue weighted by Gasteiger charge is 2.22. The average Bonchev–Trinajstić information content (AvgIpc) is 3.38. The van der Waals surface area contributed by atoms with Crippen LogP contribution in [0.15, 0.2) is 42.0 Å². The van der Waals surface area contributed by atoms with Crippen molar-refractivity contribution in [1.29, 1.82) is 0 Å². The summed E-state index contributed by atoms with van der Waals surface area (Å²) >= 11 is 1.50. The van der Waals surface area contributed by atoms with Gasteiger partial charge in [-0.05, 0) is 30.7 Å². The number of hydrogen-bond donors (Lipinski definition) is 2. The van der Waals surface area contributed by atoms with E-state index in [1.54, 1.807) is 18.3 Å². The molecule has 1 fully saturated rings. The molecule has 1 atom stereocenters. The number of benzene rings is 1. The minimum Gasteiger partial charge on any atom is -0.483 e. The van der Waals surface area contributed by atoms with Crippen LogP contribution in [0.1, 0.15) is 12.8 Å². The third kappa shape index (κ3) is 4.56. The first-order valence-corrected chi connectivity index (χ1v) is 9.09. The molecule has 0 spiro atoms. The lowest BCUT2D eigenvalue weighted by atomic mass is 10.2. The van der Waals surface area contributed by atoms with Gasteiger partial charge in [0.05, 0.1) is 5.69 Å². The van der Waals surface area contributed by atoms with Gasteiger partial charge in [-0.1, -0.05) is 0 Å². The second kappa shape index (κ2) is 8.54. The first kappa shape index (κ1) is 18.7. The van der Waals surface area contributed by atoms with Gasteiger partial charge in [0, 0.05) is 42.3 Å². The quantitative estimate of drug-likeness (QED) is 0.670. The highest BCUT2D eigenvalue weighted by Crippen LogP contribution is 2.28. The van der Waals surface area contributed by atoms with E-state index in [1.807, 2.05) is 16.1 Å². The first-order valence-electron chi connectivity index (χ1n) is 8.21. The minimum atomic E-state index is -0.261. The maximum Gasteiger partial charge on any atom is 0.290 e. The smallest absolute Gasteiger partial charge is 0.290 e. The fourth-order valence-electron chi connectivity index (χ4n) is 2.84. The molecule has 0 radical (unpaired) electrons. The number of imidazole rings is 1. The van der Waals surface area contributed by atoms with E-state index in [-0.39, 0.29) is 24.2 Å². The van der Waals surface area contributed by atoms with Gasteiger partial charge in [-0.3, -0.25) is 9.59 Å². The molecule has 4 rings (SSSR count). The summed E-state index contributed by atoms with van der Waals surface area (Å²) in [5.74, 6) is 0.632. The zero-order chi connectivity index (χ0) is 19.2. The molecule has 3 heterocycles. The molecule has 1 saturated heterocycles. The lowest BCUT2D eigenvalue weighted by molar-refractivity contribution is -0.123. The molecule has 1 aliphatic heterocycles. The topological polar surface area (TPSA) is 97.1 Å². The molecule has 3 aromatic rings. The fraction of sp³-hybridized carbons (Fsp3) is 0.222. The first-order chi connectivity index (χ1) is 13.1. The highest BCUT2D eigenvalue weighted by molar-refractivity contribution is 7.13. The third-order valence-electron chi connectivity index (χ3n) is 4.05. The van der Waals surface area contributed by atoms with Crippen molar-refractivity contribution in [2.24, 2.45) is 0 Å². The standard InChI is InChI=1S/C17H15FN4OS.CH2O2/c18-12-3-1-11(2-4-12)14-10-24-17(21-14)16-19-7-8-22(16)9-13-5-6-15(23)20-13;2-1-3/h1-4,7-8,10,13H,5-6,9H2,(H,20,23);1H,(H,2,3). The van der Waals surface area contributed by atoms with Crippen LogP contribution in [0.3, 0.4) is 0 Å². The van der Waals surface area contributed by atoms with Gasteiger partial charge in [0.1, 0.15) is 5.82 Å². The highest BCUT2D eigenvalue weighted by atomic mass is 32.1. The van der Waals surface area contributed by atoms with E-state index in [4.69, 9.17) is 9.90 Å². The summed E-state index contributed by atoms with van der Waals surface area (Å²) < 4.78 is 15.1. The van der Waals surface area contributed by atoms with Crippen molar-refractivity contribution in [1.82, 2.24) is 19.9 Å². The maximum atomic E-state index is 13.0. The molecule has 0 bridgehead atoms. The van der Waals surface area contributed by atoms with Crippen LogP contribution < -0.4 is 5.32 Å². The number of aromatic nitrogens is 3. The van der Waals surface area contributed by atoms with Crippen LogP contribution in [0, 0.1) is 5.82 Å². The zero-order valence-electron chi connectivity index (χ0n) is 14.2. The summed E-state index contributed by atoms with van der Waals surface area (Å²) in [6.45, 7) is 0.437. The zero-order valence-corrected chi connectivity index (χ0v) is 15.0. The summed E-state index contributed by atoms with van der Waals surface area (Å²) in [6.07, 6.45) is 5.07. The van der Waals surface area contributed by atoms with Gasteiger partial charge < -0.3 is 15.0 Å². The number of thiazole rings is 1. The van der Waals surface area contributed by atoms with Gasteiger partial charge in [-0.2, -0.15) is 0 Å². The fourth-order valence-corrected chi connectivity index (χ4v) is 3.67. The van der Waals surface area contributed by atoms with E-state index in [0.29, 0.717) is 13.0 Å². The molecule has 2 aromatic heterocycles. The van der Waals surface area contributed by atoms with E-state index in [2.05, 4.69) is 15.3 Å². The Balaban J connectivity index is 0.000000659. The molecule has 2 N–H and O–H groups in total. The Morgan fingerprint density at radius 2 is 2.11 bits per heavy atom. The SMILES string of the molecule is O=C1CCC(Cn2ccnc2-c2nc(-c3ccc(F)cc3)cs2)N1.O=CO. The molecule has 0 saturated carbocycles. The van der Waals surface area contributed by atoms with Crippen molar-refractivity contribution in [2.75, 3.05) is 0 Å². The van der Waals surface area contributed by atoms with Crippen LogP contribution in [-0.4, -0.2) is 38.1 Å². The Kier molecular flexibility index (Phi) is 5.92. The molecule has 1 unspecified atom stereocenters. The van der Waals surface area contributed by atoms with Gasteiger partial charge in [0.15, 0.2) is 10.8 Å². The van der Waals surface area contributed by atoms with Crippen molar-refractivity contribution in [3.05, 3.63) is 47.9 Å². The van der Waals surface area contributed by atoms with Gasteiger partial charge >= 0.3 is 0 Å². The number of amides is 1. The van der Waals surface area contributed by atoms with E-state index in [0.717, 1.165) is 28.5 Å². The van der Waals surface area contributed by atoms with Crippen LogP contribution in [0.25, 0.3) is 22.1 Å². The average molecular weight is 388 g/mol. The Morgan fingerprint density at radius 1 is 1.37 bits per heavy atom. The summed E-state index contributed by atoms with van der Waals surface area (Å²) in [4.78, 5) is 28.7. The van der Waals surface area contributed by atoms with Gasteiger partial charge in [-0.25, -0.2) is 14.4 Å². The molecule has 0 aliphatic carbocycles. The summed E-state index contributed by atoms with van der Waals surface area (Å²) in [5.41, 5.74) is 1.68. The van der Waals surface area contributed by atoms with Crippen molar-refractivity contribution in [2.45, 2.75) is 25.4 Å². The number of nitrogens with zero attached hydrogens (tertiary/aromatic N) is 3. The van der Waals surface area contributed by atoms with Crippen molar-refractivity contribution in [3.63, 3.8) is 0 Å². The van der Waals surface area contributed by atoms with E-state index < -0.39 is 0 Å². The Labute approximate surface area is 158 Å². The van der Waals surface area contributed by atoms with Crippen LogP contribution >= 0.6 is 11.3 Å². The van der Waals surface area contributed by atoms with Crippen molar-refractivity contribution < 1.29 is 19.1 Å². The maximum absolute atomic E-state index is 13.0. The van der Waals surface area contributed by atoms with Crippen LogP contribution in [0.4, 0.5) is 4.39 Å². The molecule has 140 valence electrons. The Morgan fingerprint density at radius 3 is 2.78 bits per heavy atom. The monoisotopic (exact) mass is 388 g/mol. The van der Waals surface area contributed by atoms with E-state index >= 15 is 0 Å². The molecule has 1 amide bonds. The Bertz CT molecular complexity index is 923. The summed E-state index contributed by atoms with van der Waals surface area (Å²) in [5, 5.41) is 12.6. The van der Waals surface area contributed by atoms with Crippen LogP contribution in [0.5, 0.6) is 0 Å². The number of carbonyl (C=O) groups is 2. The number of carboxylic acid groups (broad SMARTS) is 1. The third-order valence-corrected chi connectivity index (χ3v) is 4.89. The van der Waals surface area contributed by atoms with E-state index in [1.165, 1.54) is 23.5 Å². The second-order valence-corrected chi connectivity index (χ2v) is 6.71. The number of nitrogens with one attached hydrogen (secondary N) is 1. The van der Waals surface area contributed by atoms with Gasteiger partial charge in [0.25, 0.3) is 6.47 Å². The Hall–Kier alpha value is -3.07. The van der Waals surface area contributed by atoms with E-state index in [9.17, 15) is 9.18 Å². The summed E-state index contributed by atoms with van der Waals surface area (Å²) in [7, 11) is 0. The predicted molar refractivity (Wildman–Crippen MR) is 98.6 cm³/mol. The molecule has 27 heavy (non-hydrogen) atoms. The number of carbonyl (C=O) groups excluding carboxylic acids is 1. The van der Waals surface area contributed by atoms with Crippen LogP contribution in [-0.2, 0) is 16.1 Å². The predicted octanol–water partition coefficient (Wildman–Crippen LogP) is 2.79. The van der Waals surface area contributed by atoms with Gasteiger partial charge in [-0.15, -0.1) is 11.3 Å². The number of halogens is 1.